The predicted molar refractivity (Wildman–Crippen MR) is 149 cm³/mol. The number of methoxy groups -OCH3 is 1. The Labute approximate surface area is 227 Å². The van der Waals surface area contributed by atoms with Gasteiger partial charge in [-0.25, -0.2) is 9.59 Å². The number of H-pyrrole nitrogens is 1. The average molecular weight is 537 g/mol. The van der Waals surface area contributed by atoms with Crippen molar-refractivity contribution >= 4 is 34.6 Å². The van der Waals surface area contributed by atoms with E-state index in [2.05, 4.69) is 15.6 Å². The van der Waals surface area contributed by atoms with E-state index in [4.69, 9.17) is 4.74 Å². The van der Waals surface area contributed by atoms with Gasteiger partial charge >= 0.3 is 12.1 Å². The van der Waals surface area contributed by atoms with Gasteiger partial charge in [0.15, 0.2) is 0 Å². The van der Waals surface area contributed by atoms with Gasteiger partial charge in [-0.15, -0.1) is 0 Å². The summed E-state index contributed by atoms with van der Waals surface area (Å²) >= 11 is 0. The molecule has 1 aliphatic rings. The SMILES string of the molecule is COc1ccc(CN(C)C)cc1NC(=O)[C@H](NC(=O)N1CCN(C(=O)O)CC1)[C@@H](C)c1c[nH]c2ccccc12. The molecule has 1 fully saturated rings. The fourth-order valence-electron chi connectivity index (χ4n) is 4.92. The van der Waals surface area contributed by atoms with Crippen molar-refractivity contribution in [2.75, 3.05) is 52.7 Å². The Balaban J connectivity index is 1.61. The zero-order chi connectivity index (χ0) is 28.1. The molecule has 0 spiro atoms. The summed E-state index contributed by atoms with van der Waals surface area (Å²) in [6.45, 7) is 3.51. The molecule has 4 N–H and O–H groups in total. The van der Waals surface area contributed by atoms with Crippen molar-refractivity contribution in [3.8, 4) is 5.75 Å². The standard InChI is InChI=1S/C28H36N6O5/c1-18(21-16-29-22-8-6-5-7-20(21)22)25(31-27(36)33-11-13-34(14-12-33)28(37)38)26(35)30-23-15-19(17-32(2)3)9-10-24(23)39-4/h5-10,15-16,18,25,29H,11-14,17H2,1-4H3,(H,30,35)(H,31,36)(H,37,38)/t18-,25+/m0/s1. The largest absolute Gasteiger partial charge is 0.495 e. The first-order valence-corrected chi connectivity index (χ1v) is 12.9. The minimum atomic E-state index is -1.01. The van der Waals surface area contributed by atoms with E-state index in [-0.39, 0.29) is 38.0 Å². The molecule has 0 aliphatic carbocycles. The number of piperazine rings is 1. The van der Waals surface area contributed by atoms with Gasteiger partial charge in [-0.1, -0.05) is 31.2 Å². The van der Waals surface area contributed by atoms with Gasteiger partial charge in [0.1, 0.15) is 11.8 Å². The monoisotopic (exact) mass is 536 g/mol. The number of hydrogen-bond donors (Lipinski definition) is 4. The van der Waals surface area contributed by atoms with E-state index in [0.717, 1.165) is 22.0 Å². The summed E-state index contributed by atoms with van der Waals surface area (Å²) in [4.78, 5) is 46.5. The Kier molecular flexibility index (Phi) is 8.60. The number of amides is 4. The van der Waals surface area contributed by atoms with Crippen molar-refractivity contribution in [3.05, 3.63) is 59.8 Å². The zero-order valence-electron chi connectivity index (χ0n) is 22.7. The summed E-state index contributed by atoms with van der Waals surface area (Å²) in [6.07, 6.45) is 0.858. The number of rotatable bonds is 8. The van der Waals surface area contributed by atoms with Crippen LogP contribution in [0, 0.1) is 0 Å². The van der Waals surface area contributed by atoms with Crippen LogP contribution in [0.15, 0.2) is 48.7 Å². The fourth-order valence-corrected chi connectivity index (χ4v) is 4.92. The molecule has 0 saturated carbocycles. The van der Waals surface area contributed by atoms with E-state index in [1.54, 1.807) is 12.0 Å². The van der Waals surface area contributed by atoms with Crippen LogP contribution in [0.3, 0.4) is 0 Å². The lowest BCUT2D eigenvalue weighted by atomic mass is 9.92. The number of nitrogens with zero attached hydrogens (tertiary/aromatic N) is 3. The molecule has 0 radical (unpaired) electrons. The molecule has 1 aromatic heterocycles. The third-order valence-corrected chi connectivity index (χ3v) is 7.03. The van der Waals surface area contributed by atoms with Crippen molar-refractivity contribution in [2.45, 2.75) is 25.4 Å². The highest BCUT2D eigenvalue weighted by Crippen LogP contribution is 2.30. The van der Waals surface area contributed by atoms with Gasteiger partial charge < -0.3 is 40.2 Å². The number of carbonyl (C=O) groups excluding carboxylic acids is 2. The number of ether oxygens (including phenoxy) is 1. The summed E-state index contributed by atoms with van der Waals surface area (Å²) < 4.78 is 5.50. The van der Waals surface area contributed by atoms with E-state index in [1.807, 2.05) is 74.6 Å². The molecule has 1 aliphatic heterocycles. The second-order valence-electron chi connectivity index (χ2n) is 10.0. The molecule has 2 heterocycles. The van der Waals surface area contributed by atoms with Crippen LogP contribution in [0.1, 0.15) is 24.0 Å². The highest BCUT2D eigenvalue weighted by Gasteiger charge is 2.33. The Morgan fingerprint density at radius 3 is 2.44 bits per heavy atom. The summed E-state index contributed by atoms with van der Waals surface area (Å²) in [7, 11) is 5.47. The minimum absolute atomic E-state index is 0.216. The number of carboxylic acid groups (broad SMARTS) is 1. The van der Waals surface area contributed by atoms with Crippen LogP contribution >= 0.6 is 0 Å². The first-order chi connectivity index (χ1) is 18.7. The number of para-hydroxylation sites is 1. The van der Waals surface area contributed by atoms with Gasteiger partial charge in [0.05, 0.1) is 12.8 Å². The smallest absolute Gasteiger partial charge is 0.407 e. The molecule has 1 saturated heterocycles. The third kappa shape index (κ3) is 6.43. The Morgan fingerprint density at radius 2 is 1.77 bits per heavy atom. The molecule has 2 atom stereocenters. The van der Waals surface area contributed by atoms with Crippen LogP contribution in [0.4, 0.5) is 15.3 Å². The number of nitrogens with one attached hydrogen (secondary N) is 3. The van der Waals surface area contributed by atoms with Gasteiger partial charge in [0, 0.05) is 55.7 Å². The highest BCUT2D eigenvalue weighted by molar-refractivity contribution is 5.99. The number of fused-ring (bicyclic) bond motifs is 1. The summed E-state index contributed by atoms with van der Waals surface area (Å²) in [5, 5.41) is 16.1. The molecule has 2 aromatic carbocycles. The summed E-state index contributed by atoms with van der Waals surface area (Å²) in [5.41, 5.74) is 3.35. The normalized spacial score (nSPS) is 15.2. The number of urea groups is 1. The molecule has 11 nitrogen and oxygen atoms in total. The first-order valence-electron chi connectivity index (χ1n) is 12.9. The van der Waals surface area contributed by atoms with Gasteiger partial charge in [-0.05, 0) is 43.4 Å². The molecule has 3 aromatic rings. The maximum Gasteiger partial charge on any atom is 0.407 e. The van der Waals surface area contributed by atoms with Crippen molar-refractivity contribution in [1.29, 1.82) is 0 Å². The quantitative estimate of drug-likeness (QED) is 0.349. The molecule has 0 bridgehead atoms. The summed E-state index contributed by atoms with van der Waals surface area (Å²) in [6, 6.07) is 12.1. The number of aromatic nitrogens is 1. The van der Waals surface area contributed by atoms with Crippen LogP contribution in [-0.2, 0) is 11.3 Å². The molecule has 4 rings (SSSR count). The fraction of sp³-hybridized carbons (Fsp3) is 0.393. The Morgan fingerprint density at radius 1 is 1.08 bits per heavy atom. The van der Waals surface area contributed by atoms with Gasteiger partial charge in [-0.3, -0.25) is 4.79 Å². The molecular formula is C28H36N6O5. The van der Waals surface area contributed by atoms with Crippen LogP contribution in [-0.4, -0.2) is 96.2 Å². The molecule has 0 unspecified atom stereocenters. The van der Waals surface area contributed by atoms with Crippen LogP contribution in [0.2, 0.25) is 0 Å². The maximum atomic E-state index is 13.8. The van der Waals surface area contributed by atoms with Gasteiger partial charge in [-0.2, -0.15) is 0 Å². The van der Waals surface area contributed by atoms with Crippen molar-refractivity contribution < 1.29 is 24.2 Å². The predicted octanol–water partition coefficient (Wildman–Crippen LogP) is 3.35. The topological polar surface area (TPSA) is 130 Å². The average Bonchev–Trinajstić information content (AvgIpc) is 3.35. The first kappa shape index (κ1) is 27.8. The van der Waals surface area contributed by atoms with Crippen molar-refractivity contribution in [3.63, 3.8) is 0 Å². The molecule has 11 heteroatoms. The minimum Gasteiger partial charge on any atom is -0.495 e. The lowest BCUT2D eigenvalue weighted by Gasteiger charge is -2.34. The van der Waals surface area contributed by atoms with Crippen molar-refractivity contribution in [1.82, 2.24) is 25.0 Å². The van der Waals surface area contributed by atoms with Crippen LogP contribution < -0.4 is 15.4 Å². The van der Waals surface area contributed by atoms with Gasteiger partial charge in [0.25, 0.3) is 0 Å². The number of hydrogen-bond acceptors (Lipinski definition) is 5. The van der Waals surface area contributed by atoms with E-state index in [9.17, 15) is 19.5 Å². The van der Waals surface area contributed by atoms with Crippen molar-refractivity contribution in [2.24, 2.45) is 0 Å². The molecular weight excluding hydrogens is 500 g/mol. The number of aromatic amines is 1. The third-order valence-electron chi connectivity index (χ3n) is 7.03. The van der Waals surface area contributed by atoms with E-state index >= 15 is 0 Å². The lowest BCUT2D eigenvalue weighted by Crippen LogP contribution is -2.56. The number of carbonyl (C=O) groups is 3. The van der Waals surface area contributed by atoms with E-state index < -0.39 is 18.2 Å². The van der Waals surface area contributed by atoms with Crippen LogP contribution in [0.5, 0.6) is 5.75 Å². The summed E-state index contributed by atoms with van der Waals surface area (Å²) in [5.74, 6) is -0.257. The second kappa shape index (κ2) is 12.1. The van der Waals surface area contributed by atoms with E-state index in [1.165, 1.54) is 4.90 Å². The molecule has 208 valence electrons. The van der Waals surface area contributed by atoms with E-state index in [0.29, 0.717) is 18.0 Å². The van der Waals surface area contributed by atoms with Crippen LogP contribution in [0.25, 0.3) is 10.9 Å². The maximum absolute atomic E-state index is 13.8. The van der Waals surface area contributed by atoms with Gasteiger partial charge in [0.2, 0.25) is 5.91 Å². The molecule has 39 heavy (non-hydrogen) atoms. The highest BCUT2D eigenvalue weighted by atomic mass is 16.5. The number of anilines is 1. The Bertz CT molecular complexity index is 1330. The molecule has 4 amide bonds. The second-order valence-corrected chi connectivity index (χ2v) is 10.0. The Hall–Kier alpha value is -4.25. The number of benzene rings is 2. The zero-order valence-corrected chi connectivity index (χ0v) is 22.7. The lowest BCUT2D eigenvalue weighted by molar-refractivity contribution is -0.118.